The van der Waals surface area contributed by atoms with Crippen LogP contribution in [0.4, 0.5) is 0 Å². The third kappa shape index (κ3) is 2.83. The smallest absolute Gasteiger partial charge is 0.188 e. The highest BCUT2D eigenvalue weighted by Crippen LogP contribution is 2.24. The quantitative estimate of drug-likeness (QED) is 0.454. The number of carbonyl (C=O) groups is 1. The fourth-order valence-corrected chi connectivity index (χ4v) is 3.08. The van der Waals surface area contributed by atoms with E-state index in [4.69, 9.17) is 0 Å². The Bertz CT molecular complexity index is 810. The van der Waals surface area contributed by atoms with Crippen LogP contribution in [0.2, 0.25) is 0 Å². The predicted octanol–water partition coefficient (Wildman–Crippen LogP) is 3.55. The molecule has 0 bridgehead atoms. The fourth-order valence-electron chi connectivity index (χ4n) is 2.33. The molecule has 0 unspecified atom stereocenters. The van der Waals surface area contributed by atoms with Crippen molar-refractivity contribution < 1.29 is 4.79 Å². The molecule has 4 nitrogen and oxygen atoms in total. The minimum absolute atomic E-state index is 0.0973. The van der Waals surface area contributed by atoms with Gasteiger partial charge in [-0.25, -0.2) is 9.97 Å². The average molecular weight is 297 g/mol. The number of H-pyrrole nitrogens is 1. The van der Waals surface area contributed by atoms with Crippen molar-refractivity contribution in [2.75, 3.05) is 5.75 Å². The minimum atomic E-state index is 0.0973. The lowest BCUT2D eigenvalue weighted by Crippen LogP contribution is -2.04. The summed E-state index contributed by atoms with van der Waals surface area (Å²) in [7, 11) is 0. The first-order valence-corrected chi connectivity index (χ1v) is 7.66. The molecule has 3 aromatic rings. The number of aromatic nitrogens is 3. The molecule has 0 radical (unpaired) electrons. The number of benzene rings is 1. The second-order valence-electron chi connectivity index (χ2n) is 4.86. The van der Waals surface area contributed by atoms with Crippen LogP contribution in [-0.2, 0) is 0 Å². The number of hydrogen-bond acceptors (Lipinski definition) is 4. The van der Waals surface area contributed by atoms with Gasteiger partial charge >= 0.3 is 0 Å². The Morgan fingerprint density at radius 2 is 2.05 bits per heavy atom. The lowest BCUT2D eigenvalue weighted by Gasteiger charge is -2.02. The van der Waals surface area contributed by atoms with Gasteiger partial charge in [0, 0.05) is 34.1 Å². The van der Waals surface area contributed by atoms with E-state index in [1.165, 1.54) is 11.8 Å². The molecule has 21 heavy (non-hydrogen) atoms. The van der Waals surface area contributed by atoms with Crippen molar-refractivity contribution in [1.82, 2.24) is 15.0 Å². The van der Waals surface area contributed by atoms with Gasteiger partial charge in [-0.15, -0.1) is 0 Å². The number of aromatic amines is 1. The van der Waals surface area contributed by atoms with Crippen LogP contribution in [0.25, 0.3) is 10.9 Å². The summed E-state index contributed by atoms with van der Waals surface area (Å²) in [6.45, 7) is 3.85. The van der Waals surface area contributed by atoms with E-state index in [1.807, 2.05) is 44.2 Å². The molecule has 0 spiro atoms. The van der Waals surface area contributed by atoms with E-state index in [1.54, 1.807) is 6.20 Å². The molecule has 1 aromatic carbocycles. The van der Waals surface area contributed by atoms with Gasteiger partial charge in [0.15, 0.2) is 10.9 Å². The number of fused-ring (bicyclic) bond motifs is 1. The SMILES string of the molecule is Cc1ccnc(SCC(=O)c2c(C)[nH]c3ccccc23)n1. The number of Topliss-reactive ketones (excluding diaryl/α,β-unsaturated/α-hetero) is 1. The van der Waals surface area contributed by atoms with E-state index in [9.17, 15) is 4.79 Å². The molecule has 0 saturated carbocycles. The molecule has 0 amide bonds. The summed E-state index contributed by atoms with van der Waals surface area (Å²) in [5.74, 6) is 0.437. The lowest BCUT2D eigenvalue weighted by atomic mass is 10.1. The number of carbonyl (C=O) groups excluding carboxylic acids is 1. The maximum Gasteiger partial charge on any atom is 0.188 e. The zero-order valence-electron chi connectivity index (χ0n) is 11.9. The topological polar surface area (TPSA) is 58.6 Å². The molecule has 2 heterocycles. The van der Waals surface area contributed by atoms with Crippen LogP contribution in [0, 0.1) is 13.8 Å². The second kappa shape index (κ2) is 5.69. The minimum Gasteiger partial charge on any atom is -0.358 e. The number of ketones is 1. The van der Waals surface area contributed by atoms with Crippen molar-refractivity contribution >= 4 is 28.4 Å². The lowest BCUT2D eigenvalue weighted by molar-refractivity contribution is 0.102. The van der Waals surface area contributed by atoms with Gasteiger partial charge in [-0.2, -0.15) is 0 Å². The van der Waals surface area contributed by atoms with Gasteiger partial charge < -0.3 is 4.98 Å². The monoisotopic (exact) mass is 297 g/mol. The van der Waals surface area contributed by atoms with Gasteiger partial charge in [-0.1, -0.05) is 30.0 Å². The van der Waals surface area contributed by atoms with E-state index in [2.05, 4.69) is 15.0 Å². The van der Waals surface area contributed by atoms with Gasteiger partial charge in [0.1, 0.15) is 0 Å². The average Bonchev–Trinajstić information content (AvgIpc) is 2.81. The number of thioether (sulfide) groups is 1. The molecule has 0 aliphatic rings. The van der Waals surface area contributed by atoms with Crippen LogP contribution in [0.1, 0.15) is 21.7 Å². The molecule has 5 heteroatoms. The Kier molecular flexibility index (Phi) is 3.75. The Hall–Kier alpha value is -2.14. The van der Waals surface area contributed by atoms with E-state index in [-0.39, 0.29) is 5.78 Å². The van der Waals surface area contributed by atoms with Crippen molar-refractivity contribution in [2.24, 2.45) is 0 Å². The highest BCUT2D eigenvalue weighted by atomic mass is 32.2. The largest absolute Gasteiger partial charge is 0.358 e. The summed E-state index contributed by atoms with van der Waals surface area (Å²) < 4.78 is 0. The summed E-state index contributed by atoms with van der Waals surface area (Å²) in [5.41, 5.74) is 3.58. The van der Waals surface area contributed by atoms with Crippen LogP contribution in [0.15, 0.2) is 41.7 Å². The van der Waals surface area contributed by atoms with Gasteiger partial charge in [-0.05, 0) is 26.0 Å². The van der Waals surface area contributed by atoms with Crippen LogP contribution < -0.4 is 0 Å². The maximum absolute atomic E-state index is 12.5. The van der Waals surface area contributed by atoms with Gasteiger partial charge in [0.2, 0.25) is 0 Å². The number of nitrogens with one attached hydrogen (secondary N) is 1. The molecule has 3 rings (SSSR count). The summed E-state index contributed by atoms with van der Waals surface area (Å²) in [4.78, 5) is 24.2. The highest BCUT2D eigenvalue weighted by Gasteiger charge is 2.16. The zero-order chi connectivity index (χ0) is 14.8. The van der Waals surface area contributed by atoms with Gasteiger partial charge in [0.05, 0.1) is 5.75 Å². The van der Waals surface area contributed by atoms with Gasteiger partial charge in [-0.3, -0.25) is 4.79 Å². The first kappa shape index (κ1) is 13.8. The Balaban J connectivity index is 1.83. The zero-order valence-corrected chi connectivity index (χ0v) is 12.7. The van der Waals surface area contributed by atoms with Crippen molar-refractivity contribution in [3.8, 4) is 0 Å². The Morgan fingerprint density at radius 3 is 2.86 bits per heavy atom. The summed E-state index contributed by atoms with van der Waals surface area (Å²) in [6, 6.07) is 9.70. The summed E-state index contributed by atoms with van der Waals surface area (Å²) in [5, 5.41) is 1.62. The predicted molar refractivity (Wildman–Crippen MR) is 84.9 cm³/mol. The number of nitrogens with zero attached hydrogens (tertiary/aromatic N) is 2. The molecular formula is C16H15N3OS. The Morgan fingerprint density at radius 1 is 1.24 bits per heavy atom. The number of aryl methyl sites for hydroxylation is 2. The summed E-state index contributed by atoms with van der Waals surface area (Å²) in [6.07, 6.45) is 1.71. The van der Waals surface area contributed by atoms with Crippen molar-refractivity contribution in [3.63, 3.8) is 0 Å². The molecule has 0 aliphatic heterocycles. The Labute approximate surface area is 127 Å². The van der Waals surface area contributed by atoms with Crippen molar-refractivity contribution in [2.45, 2.75) is 19.0 Å². The molecular weight excluding hydrogens is 282 g/mol. The third-order valence-electron chi connectivity index (χ3n) is 3.28. The fraction of sp³-hybridized carbons (Fsp3) is 0.188. The van der Waals surface area contributed by atoms with Crippen LogP contribution >= 0.6 is 11.8 Å². The molecule has 2 aromatic heterocycles. The first-order valence-electron chi connectivity index (χ1n) is 6.68. The molecule has 0 saturated heterocycles. The first-order chi connectivity index (χ1) is 10.1. The third-order valence-corrected chi connectivity index (χ3v) is 4.14. The molecule has 1 N–H and O–H groups in total. The molecule has 0 atom stereocenters. The van der Waals surface area contributed by atoms with E-state index < -0.39 is 0 Å². The standard InChI is InChI=1S/C16H15N3OS/c1-10-7-8-17-16(18-10)21-9-14(20)15-11(2)19-13-6-4-3-5-12(13)15/h3-8,19H,9H2,1-2H3. The van der Waals surface area contributed by atoms with E-state index in [0.29, 0.717) is 10.9 Å². The van der Waals surface area contributed by atoms with Crippen LogP contribution in [-0.4, -0.2) is 26.5 Å². The number of hydrogen-bond donors (Lipinski definition) is 1. The summed E-state index contributed by atoms with van der Waals surface area (Å²) >= 11 is 1.37. The molecule has 106 valence electrons. The van der Waals surface area contributed by atoms with Crippen molar-refractivity contribution in [3.05, 3.63) is 53.5 Å². The van der Waals surface area contributed by atoms with Gasteiger partial charge in [0.25, 0.3) is 0 Å². The van der Waals surface area contributed by atoms with Crippen molar-refractivity contribution in [1.29, 1.82) is 0 Å². The van der Waals surface area contributed by atoms with E-state index in [0.717, 1.165) is 27.9 Å². The van der Waals surface area contributed by atoms with E-state index >= 15 is 0 Å². The second-order valence-corrected chi connectivity index (χ2v) is 5.81. The number of para-hydroxylation sites is 1. The van der Waals surface area contributed by atoms with Crippen LogP contribution in [0.3, 0.4) is 0 Å². The maximum atomic E-state index is 12.5. The normalized spacial score (nSPS) is 11.0. The molecule has 0 fully saturated rings. The number of rotatable bonds is 4. The van der Waals surface area contributed by atoms with Crippen LogP contribution in [0.5, 0.6) is 0 Å². The molecule has 0 aliphatic carbocycles. The highest BCUT2D eigenvalue weighted by molar-refractivity contribution is 7.99.